The van der Waals surface area contributed by atoms with E-state index in [1.54, 1.807) is 6.07 Å². The van der Waals surface area contributed by atoms with E-state index in [1.165, 1.54) is 12.1 Å². The molecule has 0 radical (unpaired) electrons. The molecule has 1 rings (SSSR count). The van der Waals surface area contributed by atoms with Gasteiger partial charge in [-0.3, -0.25) is 0 Å². The van der Waals surface area contributed by atoms with E-state index >= 15 is 0 Å². The Kier molecular flexibility index (Phi) is 9.69. The van der Waals surface area contributed by atoms with Crippen molar-refractivity contribution in [2.75, 3.05) is 6.61 Å². The van der Waals surface area contributed by atoms with Crippen LogP contribution in [0.25, 0.3) is 0 Å². The number of rotatable bonds is 7. The Morgan fingerprint density at radius 2 is 1.72 bits per heavy atom. The van der Waals surface area contributed by atoms with Crippen LogP contribution >= 0.6 is 0 Å². The summed E-state index contributed by atoms with van der Waals surface area (Å²) in [5, 5.41) is 0. The predicted molar refractivity (Wildman–Crippen MR) is 64.8 cm³/mol. The van der Waals surface area contributed by atoms with Crippen LogP contribution in [0.15, 0.2) is 24.3 Å². The van der Waals surface area contributed by atoms with E-state index in [0.29, 0.717) is 6.61 Å². The van der Waals surface area contributed by atoms with E-state index < -0.39 is 12.4 Å². The van der Waals surface area contributed by atoms with Crippen LogP contribution in [0.2, 0.25) is 0 Å². The van der Waals surface area contributed by atoms with Gasteiger partial charge in [0.25, 0.3) is 0 Å². The zero-order valence-corrected chi connectivity index (χ0v) is 14.1. The van der Waals surface area contributed by atoms with E-state index in [9.17, 15) is 12.9 Å². The van der Waals surface area contributed by atoms with Crippen LogP contribution < -0.4 is 61.6 Å². The van der Waals surface area contributed by atoms with Gasteiger partial charge in [0.1, 0.15) is 0 Å². The van der Waals surface area contributed by atoms with Crippen LogP contribution in [0.1, 0.15) is 32.6 Å². The molecule has 0 N–H and O–H groups in total. The zero-order chi connectivity index (χ0) is 12.7. The minimum Gasteiger partial charge on any atom is -0.497 e. The van der Waals surface area contributed by atoms with Crippen molar-refractivity contribution >= 4 is 12.4 Å². The Morgan fingerprint density at radius 3 is 2.33 bits per heavy atom. The average Bonchev–Trinajstić information content (AvgIpc) is 2.28. The fraction of sp³-hybridized carbons (Fsp3) is 0.500. The third kappa shape index (κ3) is 6.61. The molecular weight excluding hydrogens is 267 g/mol. The molecule has 0 unspecified atom stereocenters. The van der Waals surface area contributed by atoms with Gasteiger partial charge in [-0.1, -0.05) is 49.8 Å². The number of ether oxygens (including phenoxy) is 1. The summed E-state index contributed by atoms with van der Waals surface area (Å²) in [5.74, 6) is -0.0449. The maximum atomic E-state index is 12.7. The van der Waals surface area contributed by atoms with Crippen molar-refractivity contribution in [3.05, 3.63) is 24.3 Å². The molecule has 0 amide bonds. The zero-order valence-electron chi connectivity index (χ0n) is 11.0. The summed E-state index contributed by atoms with van der Waals surface area (Å²) in [5.41, 5.74) is -0.636. The van der Waals surface area contributed by atoms with Gasteiger partial charge >= 0.3 is 58.4 Å². The van der Waals surface area contributed by atoms with Crippen molar-refractivity contribution in [3.8, 4) is 5.75 Å². The quantitative estimate of drug-likeness (QED) is 0.529. The van der Waals surface area contributed by atoms with Crippen molar-refractivity contribution in [1.82, 2.24) is 0 Å². The molecule has 18 heavy (non-hydrogen) atoms. The van der Waals surface area contributed by atoms with Gasteiger partial charge in [0, 0.05) is 0 Å². The molecule has 0 heterocycles. The minimum atomic E-state index is -4.99. The molecule has 0 fully saturated rings. The monoisotopic (exact) mass is 284 g/mol. The molecular formula is C12H17BF3KO. The van der Waals surface area contributed by atoms with E-state index in [4.69, 9.17) is 4.74 Å². The van der Waals surface area contributed by atoms with Gasteiger partial charge in [-0.05, 0) is 12.5 Å². The van der Waals surface area contributed by atoms with Crippen molar-refractivity contribution in [3.63, 3.8) is 0 Å². The predicted octanol–water partition coefficient (Wildman–Crippen LogP) is 0.704. The SMILES string of the molecule is CCCCCCOc1ccccc1[B-](F)(F)F.[K+]. The standard InChI is InChI=1S/C12H17BF3O.K/c1-2-3-4-7-10-17-12-9-6-5-8-11(12)13(14,15)16;/h5-6,8-9H,2-4,7,10H2,1H3;/q-1;+1. The van der Waals surface area contributed by atoms with Crippen molar-refractivity contribution in [1.29, 1.82) is 0 Å². The first kappa shape index (κ1) is 18.5. The summed E-state index contributed by atoms with van der Waals surface area (Å²) >= 11 is 0. The van der Waals surface area contributed by atoms with E-state index in [2.05, 4.69) is 6.92 Å². The second kappa shape index (κ2) is 9.42. The molecule has 1 aromatic carbocycles. The smallest absolute Gasteiger partial charge is 0.497 e. The van der Waals surface area contributed by atoms with Gasteiger partial charge in [-0.15, -0.1) is 0 Å². The summed E-state index contributed by atoms with van der Waals surface area (Å²) < 4.78 is 43.2. The maximum absolute atomic E-state index is 12.7. The molecule has 0 saturated heterocycles. The molecule has 0 aliphatic heterocycles. The first-order chi connectivity index (χ1) is 8.05. The fourth-order valence-corrected chi connectivity index (χ4v) is 1.59. The molecule has 0 bridgehead atoms. The van der Waals surface area contributed by atoms with Crippen molar-refractivity contribution in [2.24, 2.45) is 0 Å². The fourth-order valence-electron chi connectivity index (χ4n) is 1.59. The van der Waals surface area contributed by atoms with Crippen LogP contribution in [0.5, 0.6) is 5.75 Å². The first-order valence-corrected chi connectivity index (χ1v) is 5.97. The largest absolute Gasteiger partial charge is 1.00 e. The second-order valence-electron chi connectivity index (χ2n) is 4.02. The third-order valence-electron chi connectivity index (χ3n) is 2.53. The molecule has 96 valence electrons. The van der Waals surface area contributed by atoms with E-state index in [-0.39, 0.29) is 57.1 Å². The van der Waals surface area contributed by atoms with Crippen molar-refractivity contribution in [2.45, 2.75) is 32.6 Å². The van der Waals surface area contributed by atoms with Gasteiger partial charge in [0.2, 0.25) is 0 Å². The van der Waals surface area contributed by atoms with Gasteiger partial charge in [0.15, 0.2) is 0 Å². The summed E-state index contributed by atoms with van der Waals surface area (Å²) in [6.45, 7) is -2.56. The van der Waals surface area contributed by atoms with Gasteiger partial charge in [-0.2, -0.15) is 0 Å². The Labute approximate surface area is 149 Å². The molecule has 0 atom stereocenters. The summed E-state index contributed by atoms with van der Waals surface area (Å²) in [7, 11) is 0. The second-order valence-corrected chi connectivity index (χ2v) is 4.02. The van der Waals surface area contributed by atoms with Gasteiger partial charge < -0.3 is 17.7 Å². The Hall–Kier alpha value is 0.511. The number of hydrogen-bond acceptors (Lipinski definition) is 1. The summed E-state index contributed by atoms with van der Waals surface area (Å²) in [4.78, 5) is 0. The minimum absolute atomic E-state index is 0. The number of unbranched alkanes of at least 4 members (excludes halogenated alkanes) is 3. The van der Waals surface area contributed by atoms with Crippen LogP contribution in [-0.2, 0) is 0 Å². The molecule has 0 aliphatic carbocycles. The molecule has 1 aromatic rings. The van der Waals surface area contributed by atoms with Gasteiger partial charge in [0.05, 0.1) is 12.4 Å². The van der Waals surface area contributed by atoms with Crippen LogP contribution in [-0.4, -0.2) is 13.6 Å². The van der Waals surface area contributed by atoms with E-state index in [0.717, 1.165) is 31.7 Å². The van der Waals surface area contributed by atoms with Crippen LogP contribution in [0.3, 0.4) is 0 Å². The third-order valence-corrected chi connectivity index (χ3v) is 2.53. The number of para-hydroxylation sites is 1. The first-order valence-electron chi connectivity index (χ1n) is 5.97. The molecule has 1 nitrogen and oxygen atoms in total. The molecule has 0 spiro atoms. The normalized spacial score (nSPS) is 10.9. The molecule has 0 aliphatic rings. The molecule has 0 aromatic heterocycles. The number of hydrogen-bond donors (Lipinski definition) is 0. The summed E-state index contributed by atoms with van der Waals surface area (Å²) in [6.07, 6.45) is 3.99. The Balaban J connectivity index is 0.00000289. The summed E-state index contributed by atoms with van der Waals surface area (Å²) in [6, 6.07) is 5.40. The Bertz CT molecular complexity index is 344. The molecule has 0 saturated carbocycles. The number of benzene rings is 1. The van der Waals surface area contributed by atoms with Crippen LogP contribution in [0, 0.1) is 0 Å². The van der Waals surface area contributed by atoms with Crippen molar-refractivity contribution < 1.29 is 69.1 Å². The van der Waals surface area contributed by atoms with Gasteiger partial charge in [-0.25, -0.2) is 0 Å². The van der Waals surface area contributed by atoms with Crippen LogP contribution in [0.4, 0.5) is 12.9 Å². The molecule has 6 heteroatoms. The van der Waals surface area contributed by atoms with E-state index in [1.807, 2.05) is 0 Å². The average molecular weight is 284 g/mol. The number of halogens is 3. The Morgan fingerprint density at radius 1 is 1.06 bits per heavy atom. The topological polar surface area (TPSA) is 9.23 Å². The maximum Gasteiger partial charge on any atom is 1.00 e.